The highest BCUT2D eigenvalue weighted by Gasteiger charge is 2.10. The number of aromatic nitrogens is 3. The van der Waals surface area contributed by atoms with Crippen molar-refractivity contribution >= 4 is 6.09 Å². The Kier molecular flexibility index (Phi) is 6.16. The molecule has 3 rings (SSSR count). The van der Waals surface area contributed by atoms with Crippen LogP contribution in [0.25, 0.3) is 11.1 Å². The predicted molar refractivity (Wildman–Crippen MR) is 106 cm³/mol. The van der Waals surface area contributed by atoms with Crippen molar-refractivity contribution < 1.29 is 9.53 Å². The molecule has 0 spiro atoms. The number of nitrogens with zero attached hydrogens (tertiary/aromatic N) is 2. The van der Waals surface area contributed by atoms with Gasteiger partial charge in [-0.05, 0) is 49.6 Å². The first-order chi connectivity index (χ1) is 13.6. The first-order valence-electron chi connectivity index (χ1n) is 9.09. The van der Waals surface area contributed by atoms with Crippen molar-refractivity contribution in [3.63, 3.8) is 0 Å². The molecule has 0 aliphatic carbocycles. The molecule has 144 valence electrons. The summed E-state index contributed by atoms with van der Waals surface area (Å²) >= 11 is 0. The van der Waals surface area contributed by atoms with Crippen LogP contribution in [0.1, 0.15) is 23.7 Å². The molecule has 0 aliphatic rings. The first kappa shape index (κ1) is 19.3. The van der Waals surface area contributed by atoms with Crippen LogP contribution in [-0.2, 0) is 12.8 Å². The van der Waals surface area contributed by atoms with Crippen molar-refractivity contribution in [3.05, 3.63) is 76.2 Å². The summed E-state index contributed by atoms with van der Waals surface area (Å²) in [5, 5.41) is 2.72. The number of amides is 1. The molecule has 0 aromatic carbocycles. The van der Waals surface area contributed by atoms with Crippen LogP contribution in [0.3, 0.4) is 0 Å². The minimum atomic E-state index is -0.541. The minimum absolute atomic E-state index is 0.0855. The number of aromatic amines is 1. The lowest BCUT2D eigenvalue weighted by atomic mass is 10.0. The summed E-state index contributed by atoms with van der Waals surface area (Å²) in [6.45, 7) is 4.21. The van der Waals surface area contributed by atoms with Crippen molar-refractivity contribution in [3.8, 4) is 16.9 Å². The van der Waals surface area contributed by atoms with Crippen LogP contribution in [0, 0.1) is 6.92 Å². The van der Waals surface area contributed by atoms with Crippen molar-refractivity contribution in [2.24, 2.45) is 0 Å². The predicted octanol–water partition coefficient (Wildman–Crippen LogP) is 3.03. The number of carbonyl (C=O) groups is 1. The number of nitrogens with one attached hydrogen (secondary N) is 2. The van der Waals surface area contributed by atoms with Gasteiger partial charge in [0.25, 0.3) is 5.56 Å². The first-order valence-corrected chi connectivity index (χ1v) is 9.09. The third-order valence-corrected chi connectivity index (χ3v) is 4.36. The molecule has 0 radical (unpaired) electrons. The summed E-state index contributed by atoms with van der Waals surface area (Å²) in [5.41, 5.74) is 4.05. The lowest BCUT2D eigenvalue weighted by Gasteiger charge is -2.10. The fourth-order valence-corrected chi connectivity index (χ4v) is 2.85. The second-order valence-corrected chi connectivity index (χ2v) is 6.35. The number of rotatable bonds is 6. The Labute approximate surface area is 162 Å². The van der Waals surface area contributed by atoms with Gasteiger partial charge in [0.1, 0.15) is 0 Å². The number of aryl methyl sites for hydroxylation is 2. The van der Waals surface area contributed by atoms with Crippen molar-refractivity contribution in [2.75, 3.05) is 6.54 Å². The summed E-state index contributed by atoms with van der Waals surface area (Å²) in [4.78, 5) is 34.9. The summed E-state index contributed by atoms with van der Waals surface area (Å²) in [6, 6.07) is 7.38. The van der Waals surface area contributed by atoms with E-state index in [4.69, 9.17) is 4.74 Å². The molecule has 0 unspecified atom stereocenters. The van der Waals surface area contributed by atoms with E-state index in [1.165, 1.54) is 6.20 Å². The van der Waals surface area contributed by atoms with E-state index < -0.39 is 6.09 Å². The molecule has 2 N–H and O–H groups in total. The number of hydrogen-bond donors (Lipinski definition) is 2. The Morgan fingerprint density at radius 1 is 1.18 bits per heavy atom. The Balaban J connectivity index is 1.66. The average molecular weight is 378 g/mol. The normalized spacial score (nSPS) is 10.5. The monoisotopic (exact) mass is 378 g/mol. The molecule has 0 bridgehead atoms. The molecule has 0 fully saturated rings. The van der Waals surface area contributed by atoms with E-state index in [2.05, 4.69) is 20.3 Å². The van der Waals surface area contributed by atoms with E-state index in [9.17, 15) is 9.59 Å². The number of carbonyl (C=O) groups excluding carboxylic acids is 1. The number of hydrogen-bond acceptors (Lipinski definition) is 5. The fourth-order valence-electron chi connectivity index (χ4n) is 2.85. The summed E-state index contributed by atoms with van der Waals surface area (Å²) in [6.07, 6.45) is 7.36. The van der Waals surface area contributed by atoms with Gasteiger partial charge in [0, 0.05) is 47.5 Å². The largest absolute Gasteiger partial charge is 0.412 e. The third kappa shape index (κ3) is 4.82. The van der Waals surface area contributed by atoms with E-state index in [-0.39, 0.29) is 5.56 Å². The zero-order valence-corrected chi connectivity index (χ0v) is 15.9. The summed E-state index contributed by atoms with van der Waals surface area (Å²) in [5.74, 6) is 0.336. The van der Waals surface area contributed by atoms with E-state index >= 15 is 0 Å². The average Bonchev–Trinajstić information content (AvgIpc) is 2.69. The van der Waals surface area contributed by atoms with Gasteiger partial charge in [0.15, 0.2) is 5.75 Å². The van der Waals surface area contributed by atoms with Gasteiger partial charge < -0.3 is 15.0 Å². The maximum absolute atomic E-state index is 12.0. The maximum Gasteiger partial charge on any atom is 0.412 e. The summed E-state index contributed by atoms with van der Waals surface area (Å²) in [7, 11) is 0. The Hall–Kier alpha value is -3.48. The zero-order chi connectivity index (χ0) is 19.9. The molecule has 3 aromatic rings. The number of ether oxygens (including phenoxy) is 1. The lowest BCUT2D eigenvalue weighted by molar-refractivity contribution is 0.200. The molecule has 0 saturated carbocycles. The van der Waals surface area contributed by atoms with Gasteiger partial charge in [0.05, 0.1) is 6.20 Å². The number of H-pyrrole nitrogens is 1. The van der Waals surface area contributed by atoms with Gasteiger partial charge in [-0.3, -0.25) is 14.8 Å². The molecule has 0 saturated heterocycles. The zero-order valence-electron chi connectivity index (χ0n) is 15.9. The highest BCUT2D eigenvalue weighted by Crippen LogP contribution is 2.25. The van der Waals surface area contributed by atoms with Crippen LogP contribution in [0.4, 0.5) is 4.79 Å². The van der Waals surface area contributed by atoms with Crippen molar-refractivity contribution in [2.45, 2.75) is 26.7 Å². The highest BCUT2D eigenvalue weighted by molar-refractivity contribution is 5.72. The van der Waals surface area contributed by atoms with E-state index in [1.807, 2.05) is 32.0 Å². The van der Waals surface area contributed by atoms with Gasteiger partial charge in [-0.25, -0.2) is 4.79 Å². The Morgan fingerprint density at radius 2 is 1.96 bits per heavy atom. The topological polar surface area (TPSA) is 97.0 Å². The number of pyridine rings is 3. The van der Waals surface area contributed by atoms with Gasteiger partial charge in [-0.1, -0.05) is 6.92 Å². The van der Waals surface area contributed by atoms with Gasteiger partial charge in [-0.2, -0.15) is 0 Å². The van der Waals surface area contributed by atoms with E-state index in [1.54, 1.807) is 24.7 Å². The SMILES string of the molecule is CCc1cc(-c2cncc(OC(=O)NCCc3ccncc3)c2)c(C)[nH]c1=O. The standard InChI is InChI=1S/C21H22N4O3/c1-3-16-11-19(14(2)25-20(16)26)17-10-18(13-23-12-17)28-21(27)24-9-6-15-4-7-22-8-5-15/h4-5,7-8,10-13H,3,6,9H2,1-2H3,(H,24,27)(H,25,26). The van der Waals surface area contributed by atoms with Crippen molar-refractivity contribution in [1.82, 2.24) is 20.3 Å². The molecule has 28 heavy (non-hydrogen) atoms. The second-order valence-electron chi connectivity index (χ2n) is 6.35. The van der Waals surface area contributed by atoms with Gasteiger partial charge in [0.2, 0.25) is 0 Å². The van der Waals surface area contributed by atoms with E-state index in [0.29, 0.717) is 30.7 Å². The molecular formula is C21H22N4O3. The van der Waals surface area contributed by atoms with Crippen LogP contribution < -0.4 is 15.6 Å². The molecule has 7 nitrogen and oxygen atoms in total. The fraction of sp³-hybridized carbons (Fsp3) is 0.238. The quantitative estimate of drug-likeness (QED) is 0.687. The van der Waals surface area contributed by atoms with Crippen LogP contribution in [-0.4, -0.2) is 27.6 Å². The molecular weight excluding hydrogens is 356 g/mol. The van der Waals surface area contributed by atoms with Crippen molar-refractivity contribution in [1.29, 1.82) is 0 Å². The second kappa shape index (κ2) is 8.94. The van der Waals surface area contributed by atoms with Crippen LogP contribution >= 0.6 is 0 Å². The Morgan fingerprint density at radius 3 is 2.71 bits per heavy atom. The molecule has 7 heteroatoms. The molecule has 0 atom stereocenters. The van der Waals surface area contributed by atoms with Gasteiger partial charge in [-0.15, -0.1) is 0 Å². The minimum Gasteiger partial charge on any atom is -0.409 e. The third-order valence-electron chi connectivity index (χ3n) is 4.36. The lowest BCUT2D eigenvalue weighted by Crippen LogP contribution is -2.28. The molecule has 3 aromatic heterocycles. The molecule has 3 heterocycles. The highest BCUT2D eigenvalue weighted by atomic mass is 16.6. The summed E-state index contributed by atoms with van der Waals surface area (Å²) < 4.78 is 5.34. The van der Waals surface area contributed by atoms with Crippen LogP contribution in [0.5, 0.6) is 5.75 Å². The maximum atomic E-state index is 12.0. The van der Waals surface area contributed by atoms with Gasteiger partial charge >= 0.3 is 6.09 Å². The van der Waals surface area contributed by atoms with Crippen LogP contribution in [0.2, 0.25) is 0 Å². The Bertz CT molecular complexity index is 1020. The smallest absolute Gasteiger partial charge is 0.409 e. The van der Waals surface area contributed by atoms with E-state index in [0.717, 1.165) is 22.4 Å². The molecule has 0 aliphatic heterocycles. The molecule has 1 amide bonds. The van der Waals surface area contributed by atoms with Crippen LogP contribution in [0.15, 0.2) is 53.8 Å².